The number of carbonyl (C=O) groups excluding carboxylic acids is 1. The Morgan fingerprint density at radius 1 is 1.42 bits per heavy atom. The molecule has 0 spiro atoms. The average Bonchev–Trinajstić information content (AvgIpc) is 2.09. The molecule has 0 saturated carbocycles. The van der Waals surface area contributed by atoms with Crippen LogP contribution in [-0.2, 0) is 4.79 Å². The fourth-order valence-electron chi connectivity index (χ4n) is 0.756. The van der Waals surface area contributed by atoms with Gasteiger partial charge in [0.05, 0.1) is 0 Å². The van der Waals surface area contributed by atoms with Crippen molar-refractivity contribution >= 4 is 22.2 Å². The van der Waals surface area contributed by atoms with Crippen molar-refractivity contribution in [3.05, 3.63) is 28.7 Å². The molecule has 0 amide bonds. The zero-order valence-electron chi connectivity index (χ0n) is 6.66. The molecule has 0 N–H and O–H groups in total. The zero-order chi connectivity index (χ0) is 8.97. The molecular weight excluding hydrogens is 220 g/mol. The summed E-state index contributed by atoms with van der Waals surface area (Å²) in [7, 11) is 0. The molecule has 1 unspecified atom stereocenters. The Bertz CT molecular complexity index is 256. The molecule has 1 aromatic rings. The number of hydrogen-bond acceptors (Lipinski definition) is 2. The Morgan fingerprint density at radius 2 is 2.00 bits per heavy atom. The van der Waals surface area contributed by atoms with Gasteiger partial charge in [-0.1, -0.05) is 15.9 Å². The smallest absolute Gasteiger partial charge is 0.160 e. The first-order chi connectivity index (χ1) is 5.72. The second-order valence-corrected chi connectivity index (χ2v) is 3.33. The fourth-order valence-corrected chi connectivity index (χ4v) is 1.02. The molecule has 0 heterocycles. The number of ether oxygens (including phenoxy) is 1. The minimum absolute atomic E-state index is 0.383. The highest BCUT2D eigenvalue weighted by atomic mass is 79.9. The summed E-state index contributed by atoms with van der Waals surface area (Å²) in [5, 5.41) is 0. The quantitative estimate of drug-likeness (QED) is 0.744. The van der Waals surface area contributed by atoms with Crippen LogP contribution in [0.1, 0.15) is 6.92 Å². The molecule has 0 saturated heterocycles. The molecule has 2 nitrogen and oxygen atoms in total. The van der Waals surface area contributed by atoms with Gasteiger partial charge in [0, 0.05) is 4.47 Å². The lowest BCUT2D eigenvalue weighted by Gasteiger charge is -2.07. The van der Waals surface area contributed by atoms with Gasteiger partial charge in [-0.05, 0) is 31.2 Å². The summed E-state index contributed by atoms with van der Waals surface area (Å²) >= 11 is 3.30. The zero-order valence-corrected chi connectivity index (χ0v) is 8.24. The van der Waals surface area contributed by atoms with Gasteiger partial charge in [0.2, 0.25) is 0 Å². The van der Waals surface area contributed by atoms with Gasteiger partial charge in [-0.2, -0.15) is 0 Å². The minimum Gasteiger partial charge on any atom is -0.483 e. The first-order valence-electron chi connectivity index (χ1n) is 3.60. The first kappa shape index (κ1) is 9.26. The molecule has 0 fully saturated rings. The molecule has 0 radical (unpaired) electrons. The Kier molecular flexibility index (Phi) is 3.29. The molecule has 0 aliphatic heterocycles. The van der Waals surface area contributed by atoms with Crippen molar-refractivity contribution in [3.8, 4) is 5.75 Å². The molecule has 0 aliphatic rings. The van der Waals surface area contributed by atoms with E-state index in [-0.39, 0.29) is 6.10 Å². The highest BCUT2D eigenvalue weighted by Crippen LogP contribution is 2.16. The second kappa shape index (κ2) is 4.26. The molecule has 12 heavy (non-hydrogen) atoms. The second-order valence-electron chi connectivity index (χ2n) is 2.41. The summed E-state index contributed by atoms with van der Waals surface area (Å²) in [6.45, 7) is 1.70. The standard InChI is InChI=1S/C9H9BrO2/c1-7(6-11)12-9-4-2-8(10)3-5-9/h2-7H,1H3. The van der Waals surface area contributed by atoms with E-state index >= 15 is 0 Å². The van der Waals surface area contributed by atoms with E-state index in [4.69, 9.17) is 4.74 Å². The van der Waals surface area contributed by atoms with E-state index < -0.39 is 0 Å². The van der Waals surface area contributed by atoms with Crippen molar-refractivity contribution in [3.63, 3.8) is 0 Å². The van der Waals surface area contributed by atoms with E-state index in [9.17, 15) is 4.79 Å². The van der Waals surface area contributed by atoms with Crippen LogP contribution >= 0.6 is 15.9 Å². The summed E-state index contributed by atoms with van der Waals surface area (Å²) in [5.41, 5.74) is 0. The Balaban J connectivity index is 2.64. The maximum Gasteiger partial charge on any atom is 0.160 e. The number of hydrogen-bond donors (Lipinski definition) is 0. The van der Waals surface area contributed by atoms with Crippen molar-refractivity contribution in [1.82, 2.24) is 0 Å². The molecule has 0 aromatic heterocycles. The lowest BCUT2D eigenvalue weighted by atomic mass is 10.3. The van der Waals surface area contributed by atoms with Crippen LogP contribution in [0.25, 0.3) is 0 Å². The van der Waals surface area contributed by atoms with Crippen LogP contribution in [0.3, 0.4) is 0 Å². The van der Waals surface area contributed by atoms with Crippen LogP contribution in [0.4, 0.5) is 0 Å². The van der Waals surface area contributed by atoms with Gasteiger partial charge in [0.15, 0.2) is 12.4 Å². The van der Waals surface area contributed by atoms with Gasteiger partial charge in [-0.25, -0.2) is 0 Å². The van der Waals surface area contributed by atoms with Crippen molar-refractivity contribution in [1.29, 1.82) is 0 Å². The molecule has 0 bridgehead atoms. The maximum atomic E-state index is 10.2. The van der Waals surface area contributed by atoms with Crippen LogP contribution in [-0.4, -0.2) is 12.4 Å². The molecule has 1 atom stereocenters. The van der Waals surface area contributed by atoms with E-state index in [1.807, 2.05) is 24.3 Å². The van der Waals surface area contributed by atoms with Crippen molar-refractivity contribution < 1.29 is 9.53 Å². The predicted molar refractivity (Wildman–Crippen MR) is 50.3 cm³/mol. The Labute approximate surface area is 79.7 Å². The van der Waals surface area contributed by atoms with Crippen molar-refractivity contribution in [2.24, 2.45) is 0 Å². The van der Waals surface area contributed by atoms with Crippen molar-refractivity contribution in [2.45, 2.75) is 13.0 Å². The molecule has 0 aliphatic carbocycles. The molecule has 64 valence electrons. The van der Waals surface area contributed by atoms with Crippen LogP contribution in [0.2, 0.25) is 0 Å². The summed E-state index contributed by atoms with van der Waals surface area (Å²) in [6, 6.07) is 7.36. The Morgan fingerprint density at radius 3 is 2.50 bits per heavy atom. The minimum atomic E-state index is -0.383. The van der Waals surface area contributed by atoms with Gasteiger partial charge in [0.1, 0.15) is 5.75 Å². The lowest BCUT2D eigenvalue weighted by molar-refractivity contribution is -0.113. The maximum absolute atomic E-state index is 10.2. The first-order valence-corrected chi connectivity index (χ1v) is 4.39. The van der Waals surface area contributed by atoms with Crippen LogP contribution in [0.15, 0.2) is 28.7 Å². The number of benzene rings is 1. The van der Waals surface area contributed by atoms with Crippen molar-refractivity contribution in [2.75, 3.05) is 0 Å². The van der Waals surface area contributed by atoms with Gasteiger partial charge in [-0.15, -0.1) is 0 Å². The third-order valence-electron chi connectivity index (χ3n) is 1.33. The summed E-state index contributed by atoms with van der Waals surface area (Å²) in [6.07, 6.45) is 0.383. The van der Waals surface area contributed by atoms with E-state index in [0.717, 1.165) is 10.8 Å². The van der Waals surface area contributed by atoms with Gasteiger partial charge >= 0.3 is 0 Å². The molecule has 1 aromatic carbocycles. The molecule has 3 heteroatoms. The number of aldehydes is 1. The number of halogens is 1. The van der Waals surface area contributed by atoms with E-state index in [1.165, 1.54) is 0 Å². The molecular formula is C9H9BrO2. The summed E-state index contributed by atoms with van der Waals surface area (Å²) in [5.74, 6) is 0.706. The fraction of sp³-hybridized carbons (Fsp3) is 0.222. The number of carbonyl (C=O) groups is 1. The van der Waals surface area contributed by atoms with Gasteiger partial charge < -0.3 is 4.74 Å². The highest BCUT2D eigenvalue weighted by molar-refractivity contribution is 9.10. The van der Waals surface area contributed by atoms with E-state index in [1.54, 1.807) is 6.92 Å². The van der Waals surface area contributed by atoms with Crippen LogP contribution < -0.4 is 4.74 Å². The monoisotopic (exact) mass is 228 g/mol. The van der Waals surface area contributed by atoms with E-state index in [2.05, 4.69) is 15.9 Å². The summed E-state index contributed by atoms with van der Waals surface area (Å²) < 4.78 is 6.22. The summed E-state index contributed by atoms with van der Waals surface area (Å²) in [4.78, 5) is 10.2. The lowest BCUT2D eigenvalue weighted by Crippen LogP contribution is -2.12. The predicted octanol–water partition coefficient (Wildman–Crippen LogP) is 2.42. The largest absolute Gasteiger partial charge is 0.483 e. The number of rotatable bonds is 3. The van der Waals surface area contributed by atoms with Crippen LogP contribution in [0, 0.1) is 0 Å². The highest BCUT2D eigenvalue weighted by Gasteiger charge is 1.99. The van der Waals surface area contributed by atoms with Gasteiger partial charge in [-0.3, -0.25) is 4.79 Å². The van der Waals surface area contributed by atoms with E-state index in [0.29, 0.717) is 5.75 Å². The SMILES string of the molecule is CC(C=O)Oc1ccc(Br)cc1. The normalized spacial score (nSPS) is 12.2. The third-order valence-corrected chi connectivity index (χ3v) is 1.86. The topological polar surface area (TPSA) is 26.3 Å². The molecule has 1 rings (SSSR count). The van der Waals surface area contributed by atoms with Crippen LogP contribution in [0.5, 0.6) is 5.75 Å². The Hall–Kier alpha value is -0.830. The van der Waals surface area contributed by atoms with Gasteiger partial charge in [0.25, 0.3) is 0 Å². The third kappa shape index (κ3) is 2.66. The average molecular weight is 229 g/mol.